The lowest BCUT2D eigenvalue weighted by Crippen LogP contribution is -2.30. The van der Waals surface area contributed by atoms with Crippen LogP contribution >= 0.6 is 23.2 Å². The average molecular weight is 379 g/mol. The molecule has 130 valence electrons. The smallest absolute Gasteiger partial charge is 0.261 e. The van der Waals surface area contributed by atoms with Gasteiger partial charge in [0.05, 0.1) is 28.8 Å². The Bertz CT molecular complexity index is 972. The molecule has 0 aliphatic heterocycles. The summed E-state index contributed by atoms with van der Waals surface area (Å²) in [6.07, 6.45) is 0.493. The van der Waals surface area contributed by atoms with Gasteiger partial charge in [0.2, 0.25) is 0 Å². The zero-order chi connectivity index (χ0) is 18.0. The van der Waals surface area contributed by atoms with Gasteiger partial charge in [-0.15, -0.1) is 0 Å². The summed E-state index contributed by atoms with van der Waals surface area (Å²) < 4.78 is 6.93. The van der Waals surface area contributed by atoms with Crippen molar-refractivity contribution < 1.29 is 9.84 Å². The normalized spacial score (nSPS) is 12.3. The maximum Gasteiger partial charge on any atom is 0.261 e. The summed E-state index contributed by atoms with van der Waals surface area (Å²) in [5.41, 5.74) is 1.05. The second kappa shape index (κ2) is 7.44. The highest BCUT2D eigenvalue weighted by Gasteiger charge is 2.13. The van der Waals surface area contributed by atoms with Crippen molar-refractivity contribution in [3.8, 4) is 5.75 Å². The molecule has 0 bridgehead atoms. The molecule has 25 heavy (non-hydrogen) atoms. The zero-order valence-corrected chi connectivity index (χ0v) is 15.0. The lowest BCUT2D eigenvalue weighted by atomic mass is 10.2. The summed E-state index contributed by atoms with van der Waals surface area (Å²) in [6, 6.07) is 10.6. The fourth-order valence-corrected chi connectivity index (χ4v) is 3.05. The minimum atomic E-state index is -0.869. The summed E-state index contributed by atoms with van der Waals surface area (Å²) in [5.74, 6) is 0.698. The van der Waals surface area contributed by atoms with Crippen LogP contribution in [0.2, 0.25) is 10.0 Å². The molecular formula is C18H16Cl2N2O3. The third-order valence-corrected chi connectivity index (χ3v) is 4.28. The van der Waals surface area contributed by atoms with Crippen molar-refractivity contribution in [2.24, 2.45) is 0 Å². The Morgan fingerprint density at radius 3 is 2.80 bits per heavy atom. The number of hydrogen-bond donors (Lipinski definition) is 1. The minimum Gasteiger partial charge on any atom is -0.491 e. The van der Waals surface area contributed by atoms with Gasteiger partial charge in [-0.2, -0.15) is 0 Å². The maximum atomic E-state index is 12.6. The Labute approximate surface area is 154 Å². The molecule has 0 aliphatic carbocycles. The number of aryl methyl sites for hydroxylation is 1. The Morgan fingerprint density at radius 2 is 2.04 bits per heavy atom. The van der Waals surface area contributed by atoms with E-state index in [-0.39, 0.29) is 18.7 Å². The fourth-order valence-electron chi connectivity index (χ4n) is 2.51. The van der Waals surface area contributed by atoms with Gasteiger partial charge in [0.1, 0.15) is 18.5 Å². The summed E-state index contributed by atoms with van der Waals surface area (Å²) in [4.78, 5) is 16.7. The topological polar surface area (TPSA) is 64.3 Å². The molecule has 5 nitrogen and oxygen atoms in total. The molecular weight excluding hydrogens is 363 g/mol. The molecule has 7 heteroatoms. The Morgan fingerprint density at radius 1 is 1.28 bits per heavy atom. The van der Waals surface area contributed by atoms with Gasteiger partial charge in [0.15, 0.2) is 0 Å². The van der Waals surface area contributed by atoms with Crippen LogP contribution in [-0.4, -0.2) is 27.4 Å². The van der Waals surface area contributed by atoms with Crippen molar-refractivity contribution in [2.45, 2.75) is 19.6 Å². The first-order valence-corrected chi connectivity index (χ1v) is 8.42. The third-order valence-electron chi connectivity index (χ3n) is 3.78. The first kappa shape index (κ1) is 17.7. The first-order valence-electron chi connectivity index (χ1n) is 7.66. The molecule has 0 fully saturated rings. The van der Waals surface area contributed by atoms with Gasteiger partial charge in [0, 0.05) is 5.02 Å². The van der Waals surface area contributed by atoms with Crippen LogP contribution in [0, 0.1) is 6.92 Å². The molecule has 1 heterocycles. The van der Waals surface area contributed by atoms with E-state index in [0.29, 0.717) is 26.7 Å². The van der Waals surface area contributed by atoms with Crippen LogP contribution in [0.15, 0.2) is 47.5 Å². The number of fused-ring (bicyclic) bond motifs is 1. The van der Waals surface area contributed by atoms with E-state index in [0.717, 1.165) is 5.56 Å². The Kier molecular flexibility index (Phi) is 5.27. The third kappa shape index (κ3) is 3.95. The molecule has 1 atom stereocenters. The van der Waals surface area contributed by atoms with Crippen molar-refractivity contribution in [1.29, 1.82) is 0 Å². The number of ether oxygens (including phenoxy) is 1. The van der Waals surface area contributed by atoms with E-state index in [1.165, 1.54) is 23.0 Å². The molecule has 3 rings (SSSR count). The monoisotopic (exact) mass is 378 g/mol. The van der Waals surface area contributed by atoms with Crippen molar-refractivity contribution in [1.82, 2.24) is 9.55 Å². The molecule has 1 unspecified atom stereocenters. The molecule has 2 aromatic carbocycles. The van der Waals surface area contributed by atoms with Crippen LogP contribution in [0.4, 0.5) is 0 Å². The molecule has 0 radical (unpaired) electrons. The number of rotatable bonds is 5. The fraction of sp³-hybridized carbons (Fsp3) is 0.222. The van der Waals surface area contributed by atoms with Gasteiger partial charge >= 0.3 is 0 Å². The zero-order valence-electron chi connectivity index (χ0n) is 13.4. The van der Waals surface area contributed by atoms with E-state index in [9.17, 15) is 9.90 Å². The number of aliphatic hydroxyl groups excluding tert-OH is 1. The van der Waals surface area contributed by atoms with Gasteiger partial charge in [-0.1, -0.05) is 41.4 Å². The number of aromatic nitrogens is 2. The predicted octanol–water partition coefficient (Wildman–Crippen LogP) is 3.45. The second-order valence-electron chi connectivity index (χ2n) is 5.72. The van der Waals surface area contributed by atoms with Crippen molar-refractivity contribution in [2.75, 3.05) is 6.61 Å². The van der Waals surface area contributed by atoms with Gasteiger partial charge < -0.3 is 9.84 Å². The van der Waals surface area contributed by atoms with Crippen LogP contribution in [0.5, 0.6) is 5.75 Å². The Hall–Kier alpha value is -2.08. The summed E-state index contributed by atoms with van der Waals surface area (Å²) in [5, 5.41) is 11.2. The first-order chi connectivity index (χ1) is 12.0. The quantitative estimate of drug-likeness (QED) is 0.738. The number of nitrogens with zero attached hydrogens (tertiary/aromatic N) is 2. The maximum absolute atomic E-state index is 12.6. The highest BCUT2D eigenvalue weighted by atomic mass is 35.5. The molecule has 1 N–H and O–H groups in total. The number of para-hydroxylation sites is 1. The standard InChI is InChI=1S/C18H16Cl2N2O3/c1-11-4-2-3-5-16(11)25-9-13(23)8-22-10-21-17-14(18(22)24)6-12(19)7-15(17)20/h2-7,10,13,23H,8-9H2,1H3. The molecule has 0 spiro atoms. The van der Waals surface area contributed by atoms with Crippen molar-refractivity contribution >= 4 is 34.1 Å². The number of halogens is 2. The van der Waals surface area contributed by atoms with Crippen LogP contribution in [0.1, 0.15) is 5.56 Å². The van der Waals surface area contributed by atoms with E-state index in [2.05, 4.69) is 4.98 Å². The number of aliphatic hydroxyl groups is 1. The average Bonchev–Trinajstić information content (AvgIpc) is 2.57. The van der Waals surface area contributed by atoms with E-state index in [4.69, 9.17) is 27.9 Å². The van der Waals surface area contributed by atoms with Gasteiger partial charge in [-0.3, -0.25) is 9.36 Å². The van der Waals surface area contributed by atoms with E-state index in [1.54, 1.807) is 0 Å². The van der Waals surface area contributed by atoms with Crippen LogP contribution in [0.3, 0.4) is 0 Å². The van der Waals surface area contributed by atoms with E-state index in [1.807, 2.05) is 31.2 Å². The molecule has 3 aromatic rings. The molecule has 0 saturated carbocycles. The van der Waals surface area contributed by atoms with Gasteiger partial charge in [-0.25, -0.2) is 4.98 Å². The van der Waals surface area contributed by atoms with Gasteiger partial charge in [-0.05, 0) is 30.7 Å². The number of hydrogen-bond acceptors (Lipinski definition) is 4. The number of benzene rings is 2. The minimum absolute atomic E-state index is 0.0534. The largest absolute Gasteiger partial charge is 0.491 e. The van der Waals surface area contributed by atoms with Crippen molar-refractivity contribution in [3.63, 3.8) is 0 Å². The molecule has 0 saturated heterocycles. The van der Waals surface area contributed by atoms with Crippen molar-refractivity contribution in [3.05, 3.63) is 68.7 Å². The lowest BCUT2D eigenvalue weighted by molar-refractivity contribution is 0.0911. The van der Waals surface area contributed by atoms with E-state index < -0.39 is 6.10 Å². The van der Waals surface area contributed by atoms with E-state index >= 15 is 0 Å². The Balaban J connectivity index is 1.77. The van der Waals surface area contributed by atoms with Crippen LogP contribution in [0.25, 0.3) is 10.9 Å². The summed E-state index contributed by atoms with van der Waals surface area (Å²) >= 11 is 12.0. The van der Waals surface area contributed by atoms with Gasteiger partial charge in [0.25, 0.3) is 5.56 Å². The summed E-state index contributed by atoms with van der Waals surface area (Å²) in [7, 11) is 0. The van der Waals surface area contributed by atoms with Crippen LogP contribution < -0.4 is 10.3 Å². The molecule has 1 aromatic heterocycles. The predicted molar refractivity (Wildman–Crippen MR) is 98.7 cm³/mol. The molecule has 0 aliphatic rings. The lowest BCUT2D eigenvalue weighted by Gasteiger charge is -2.15. The SMILES string of the molecule is Cc1ccccc1OCC(O)Cn1cnc2c(Cl)cc(Cl)cc2c1=O. The van der Waals surface area contributed by atoms with Crippen LogP contribution in [-0.2, 0) is 6.54 Å². The molecule has 0 amide bonds. The highest BCUT2D eigenvalue weighted by molar-refractivity contribution is 6.38. The summed E-state index contributed by atoms with van der Waals surface area (Å²) in [6.45, 7) is 2.04. The second-order valence-corrected chi connectivity index (χ2v) is 6.56. The highest BCUT2D eigenvalue weighted by Crippen LogP contribution is 2.24.